The molecule has 1 atom stereocenters. The fourth-order valence-corrected chi connectivity index (χ4v) is 1.51. The van der Waals surface area contributed by atoms with E-state index >= 15 is 0 Å². The van der Waals surface area contributed by atoms with E-state index in [-0.39, 0.29) is 6.04 Å². The van der Waals surface area contributed by atoms with Crippen LogP contribution in [0.4, 0.5) is 0 Å². The number of nitrogens with zero attached hydrogens (tertiary/aromatic N) is 2. The fraction of sp³-hybridized carbons (Fsp3) is 0.231. The lowest BCUT2D eigenvalue weighted by Crippen LogP contribution is -2.09. The molecule has 0 fully saturated rings. The quantitative estimate of drug-likeness (QED) is 0.876. The van der Waals surface area contributed by atoms with Gasteiger partial charge in [0.2, 0.25) is 0 Å². The van der Waals surface area contributed by atoms with Crippen LogP contribution in [0.2, 0.25) is 0 Å². The van der Waals surface area contributed by atoms with Crippen LogP contribution in [0, 0.1) is 0 Å². The van der Waals surface area contributed by atoms with Gasteiger partial charge >= 0.3 is 0 Å². The Hall–Kier alpha value is -1.94. The van der Waals surface area contributed by atoms with Gasteiger partial charge in [0.05, 0.1) is 13.2 Å². The first-order valence-corrected chi connectivity index (χ1v) is 5.42. The second kappa shape index (κ2) is 4.93. The van der Waals surface area contributed by atoms with E-state index in [1.54, 1.807) is 19.5 Å². The van der Waals surface area contributed by atoms with Gasteiger partial charge in [0.1, 0.15) is 11.6 Å². The van der Waals surface area contributed by atoms with Crippen molar-refractivity contribution in [2.45, 2.75) is 13.0 Å². The second-order valence-electron chi connectivity index (χ2n) is 3.85. The van der Waals surface area contributed by atoms with E-state index in [4.69, 9.17) is 10.5 Å². The molecule has 0 amide bonds. The van der Waals surface area contributed by atoms with Crippen LogP contribution in [0.1, 0.15) is 18.8 Å². The number of methoxy groups -OCH3 is 1. The molecule has 4 nitrogen and oxygen atoms in total. The van der Waals surface area contributed by atoms with Crippen LogP contribution in [-0.4, -0.2) is 17.1 Å². The van der Waals surface area contributed by atoms with E-state index in [1.807, 2.05) is 31.2 Å². The molecule has 0 spiro atoms. The van der Waals surface area contributed by atoms with Gasteiger partial charge in [0, 0.05) is 18.0 Å². The molecule has 2 N–H and O–H groups in total. The van der Waals surface area contributed by atoms with Crippen molar-refractivity contribution in [3.8, 4) is 16.9 Å². The average Bonchev–Trinajstić information content (AvgIpc) is 2.39. The van der Waals surface area contributed by atoms with Crippen molar-refractivity contribution < 1.29 is 4.74 Å². The van der Waals surface area contributed by atoms with Crippen molar-refractivity contribution in [2.24, 2.45) is 5.73 Å². The summed E-state index contributed by atoms with van der Waals surface area (Å²) >= 11 is 0. The Bertz CT molecular complexity index is 477. The topological polar surface area (TPSA) is 61.0 Å². The first-order valence-electron chi connectivity index (χ1n) is 5.42. The Morgan fingerprint density at radius 2 is 1.65 bits per heavy atom. The number of benzene rings is 1. The van der Waals surface area contributed by atoms with E-state index < -0.39 is 0 Å². The van der Waals surface area contributed by atoms with Crippen molar-refractivity contribution >= 4 is 0 Å². The molecule has 88 valence electrons. The van der Waals surface area contributed by atoms with E-state index in [2.05, 4.69) is 9.97 Å². The van der Waals surface area contributed by atoms with Gasteiger partial charge in [-0.25, -0.2) is 9.97 Å². The molecule has 2 rings (SSSR count). The zero-order valence-corrected chi connectivity index (χ0v) is 9.92. The van der Waals surface area contributed by atoms with E-state index in [0.29, 0.717) is 5.82 Å². The highest BCUT2D eigenvalue weighted by Gasteiger charge is 2.04. The lowest BCUT2D eigenvalue weighted by molar-refractivity contribution is 0.415. The largest absolute Gasteiger partial charge is 0.497 e. The predicted molar refractivity (Wildman–Crippen MR) is 66.6 cm³/mol. The van der Waals surface area contributed by atoms with Gasteiger partial charge < -0.3 is 10.5 Å². The van der Waals surface area contributed by atoms with Gasteiger partial charge in [-0.3, -0.25) is 0 Å². The highest BCUT2D eigenvalue weighted by Crippen LogP contribution is 2.21. The number of rotatable bonds is 3. The third-order valence-corrected chi connectivity index (χ3v) is 2.50. The smallest absolute Gasteiger partial charge is 0.144 e. The summed E-state index contributed by atoms with van der Waals surface area (Å²) in [6, 6.07) is 7.63. The molecule has 1 aromatic carbocycles. The molecular formula is C13H15N3O. The van der Waals surface area contributed by atoms with Crippen LogP contribution in [0.25, 0.3) is 11.1 Å². The summed E-state index contributed by atoms with van der Waals surface area (Å²) in [5.41, 5.74) is 7.73. The monoisotopic (exact) mass is 229 g/mol. The Labute approximate surface area is 100 Å². The molecule has 0 aliphatic heterocycles. The minimum atomic E-state index is -0.139. The summed E-state index contributed by atoms with van der Waals surface area (Å²) in [5.74, 6) is 1.49. The second-order valence-corrected chi connectivity index (χ2v) is 3.85. The zero-order valence-electron chi connectivity index (χ0n) is 9.92. The van der Waals surface area contributed by atoms with Gasteiger partial charge in [-0.15, -0.1) is 0 Å². The van der Waals surface area contributed by atoms with Crippen molar-refractivity contribution in [1.82, 2.24) is 9.97 Å². The lowest BCUT2D eigenvalue weighted by Gasteiger charge is -2.06. The molecule has 1 heterocycles. The molecule has 0 aliphatic carbocycles. The summed E-state index contributed by atoms with van der Waals surface area (Å²) in [5, 5.41) is 0. The van der Waals surface area contributed by atoms with Crippen molar-refractivity contribution in [2.75, 3.05) is 7.11 Å². The molecule has 0 saturated heterocycles. The summed E-state index contributed by atoms with van der Waals surface area (Å²) in [6.07, 6.45) is 3.57. The molecular weight excluding hydrogens is 214 g/mol. The zero-order chi connectivity index (χ0) is 12.3. The molecule has 0 saturated carbocycles. The number of nitrogens with two attached hydrogens (primary N) is 1. The van der Waals surface area contributed by atoms with Crippen LogP contribution in [0.3, 0.4) is 0 Å². The van der Waals surface area contributed by atoms with E-state index in [9.17, 15) is 0 Å². The summed E-state index contributed by atoms with van der Waals surface area (Å²) in [6.45, 7) is 1.86. The minimum absolute atomic E-state index is 0.139. The Morgan fingerprint density at radius 3 is 2.12 bits per heavy atom. The molecule has 0 radical (unpaired) electrons. The maximum absolute atomic E-state index is 5.70. The minimum Gasteiger partial charge on any atom is -0.497 e. The maximum Gasteiger partial charge on any atom is 0.144 e. The fourth-order valence-electron chi connectivity index (χ4n) is 1.51. The third-order valence-electron chi connectivity index (χ3n) is 2.50. The van der Waals surface area contributed by atoms with Gasteiger partial charge in [0.15, 0.2) is 0 Å². The molecule has 17 heavy (non-hydrogen) atoms. The van der Waals surface area contributed by atoms with Gasteiger partial charge in [-0.1, -0.05) is 12.1 Å². The van der Waals surface area contributed by atoms with Gasteiger partial charge in [-0.2, -0.15) is 0 Å². The first kappa shape index (κ1) is 11.5. The van der Waals surface area contributed by atoms with Crippen LogP contribution in [0.5, 0.6) is 5.75 Å². The van der Waals surface area contributed by atoms with Gasteiger partial charge in [-0.05, 0) is 24.6 Å². The number of aromatic nitrogens is 2. The van der Waals surface area contributed by atoms with Gasteiger partial charge in [0.25, 0.3) is 0 Å². The lowest BCUT2D eigenvalue weighted by atomic mass is 10.1. The van der Waals surface area contributed by atoms with Crippen LogP contribution < -0.4 is 10.5 Å². The van der Waals surface area contributed by atoms with Crippen molar-refractivity contribution in [1.29, 1.82) is 0 Å². The molecule has 1 aromatic heterocycles. The number of hydrogen-bond acceptors (Lipinski definition) is 4. The summed E-state index contributed by atoms with van der Waals surface area (Å²) in [7, 11) is 1.65. The Kier molecular flexibility index (Phi) is 3.35. The van der Waals surface area contributed by atoms with Crippen LogP contribution >= 0.6 is 0 Å². The molecule has 2 aromatic rings. The third kappa shape index (κ3) is 2.60. The summed E-state index contributed by atoms with van der Waals surface area (Å²) < 4.78 is 5.11. The predicted octanol–water partition coefficient (Wildman–Crippen LogP) is 2.17. The SMILES string of the molecule is COc1ccc(-c2cnc(C(C)N)nc2)cc1. The molecule has 1 unspecified atom stereocenters. The molecule has 0 bridgehead atoms. The van der Waals surface area contributed by atoms with Crippen LogP contribution in [0.15, 0.2) is 36.7 Å². The number of ether oxygens (including phenoxy) is 1. The number of hydrogen-bond donors (Lipinski definition) is 1. The standard InChI is InChI=1S/C13H15N3O/c1-9(14)13-15-7-11(8-16-13)10-3-5-12(17-2)6-4-10/h3-9H,14H2,1-2H3. The first-order chi connectivity index (χ1) is 8.20. The normalized spacial score (nSPS) is 12.2. The Morgan fingerprint density at radius 1 is 1.06 bits per heavy atom. The molecule has 0 aliphatic rings. The summed E-state index contributed by atoms with van der Waals surface area (Å²) in [4.78, 5) is 8.46. The highest BCUT2D eigenvalue weighted by molar-refractivity contribution is 5.62. The van der Waals surface area contributed by atoms with E-state index in [0.717, 1.165) is 16.9 Å². The van der Waals surface area contributed by atoms with Crippen LogP contribution in [-0.2, 0) is 0 Å². The maximum atomic E-state index is 5.70. The van der Waals surface area contributed by atoms with Crippen molar-refractivity contribution in [3.05, 3.63) is 42.5 Å². The van der Waals surface area contributed by atoms with E-state index in [1.165, 1.54) is 0 Å². The Balaban J connectivity index is 2.26. The molecule has 4 heteroatoms. The van der Waals surface area contributed by atoms with Crippen molar-refractivity contribution in [3.63, 3.8) is 0 Å². The highest BCUT2D eigenvalue weighted by atomic mass is 16.5. The average molecular weight is 229 g/mol.